The Morgan fingerprint density at radius 1 is 1.59 bits per heavy atom. The number of fused-ring (bicyclic) bond motifs is 1. The number of hydrogen-bond donors (Lipinski definition) is 2. The predicted octanol–water partition coefficient (Wildman–Crippen LogP) is 1.84. The molecule has 0 bridgehead atoms. The maximum atomic E-state index is 12.0. The van der Waals surface area contributed by atoms with E-state index in [0.717, 1.165) is 0 Å². The molecular weight excluding hydrogens is 244 g/mol. The van der Waals surface area contributed by atoms with Crippen molar-refractivity contribution in [2.75, 3.05) is 0 Å². The summed E-state index contributed by atoms with van der Waals surface area (Å²) >= 11 is 5.68. The Labute approximate surface area is 101 Å². The molecule has 2 N–H and O–H groups in total. The zero-order valence-corrected chi connectivity index (χ0v) is 9.71. The Kier molecular flexibility index (Phi) is 2.85. The highest BCUT2D eigenvalue weighted by Gasteiger charge is 2.17. The normalized spacial score (nSPS) is 10.7. The van der Waals surface area contributed by atoms with Gasteiger partial charge in [-0.25, -0.2) is 9.78 Å². The predicted molar refractivity (Wildman–Crippen MR) is 63.7 cm³/mol. The summed E-state index contributed by atoms with van der Waals surface area (Å²) in [5, 5.41) is 9.43. The molecule has 0 aromatic carbocycles. The van der Waals surface area contributed by atoms with Crippen LogP contribution in [0.1, 0.15) is 23.0 Å². The molecule has 2 rings (SSSR count). The SMILES string of the molecule is CCc1[nH]c2cnc(Cl)cc2c(=O)c1C(=O)O. The van der Waals surface area contributed by atoms with Gasteiger partial charge in [0.25, 0.3) is 0 Å². The van der Waals surface area contributed by atoms with E-state index in [9.17, 15) is 9.59 Å². The third-order valence-corrected chi connectivity index (χ3v) is 2.70. The number of aromatic nitrogens is 2. The fraction of sp³-hybridized carbons (Fsp3) is 0.182. The molecule has 2 heterocycles. The molecule has 0 fully saturated rings. The lowest BCUT2D eigenvalue weighted by molar-refractivity contribution is 0.0694. The fourth-order valence-corrected chi connectivity index (χ4v) is 1.86. The molecule has 0 aliphatic rings. The van der Waals surface area contributed by atoms with Gasteiger partial charge < -0.3 is 10.1 Å². The van der Waals surface area contributed by atoms with Crippen LogP contribution in [0.25, 0.3) is 10.9 Å². The number of aromatic amines is 1. The molecule has 0 unspecified atom stereocenters. The van der Waals surface area contributed by atoms with Crippen LogP contribution in [0.2, 0.25) is 5.15 Å². The number of carboxylic acid groups (broad SMARTS) is 1. The van der Waals surface area contributed by atoms with Crippen molar-refractivity contribution in [3.8, 4) is 0 Å². The molecule has 88 valence electrons. The van der Waals surface area contributed by atoms with Gasteiger partial charge in [0.05, 0.1) is 17.1 Å². The van der Waals surface area contributed by atoms with Crippen molar-refractivity contribution in [2.45, 2.75) is 13.3 Å². The summed E-state index contributed by atoms with van der Waals surface area (Å²) < 4.78 is 0. The van der Waals surface area contributed by atoms with E-state index in [0.29, 0.717) is 17.6 Å². The Morgan fingerprint density at radius 2 is 2.29 bits per heavy atom. The van der Waals surface area contributed by atoms with Gasteiger partial charge in [-0.1, -0.05) is 18.5 Å². The van der Waals surface area contributed by atoms with Crippen LogP contribution in [-0.4, -0.2) is 21.0 Å². The van der Waals surface area contributed by atoms with Crippen LogP contribution in [0, 0.1) is 0 Å². The molecule has 2 aromatic rings. The molecule has 0 aliphatic carbocycles. The van der Waals surface area contributed by atoms with Gasteiger partial charge in [-0.2, -0.15) is 0 Å². The third-order valence-electron chi connectivity index (χ3n) is 2.50. The first kappa shape index (κ1) is 11.6. The van der Waals surface area contributed by atoms with Gasteiger partial charge in [0.1, 0.15) is 10.7 Å². The van der Waals surface area contributed by atoms with E-state index in [1.165, 1.54) is 12.3 Å². The van der Waals surface area contributed by atoms with Crippen molar-refractivity contribution in [3.63, 3.8) is 0 Å². The quantitative estimate of drug-likeness (QED) is 0.799. The van der Waals surface area contributed by atoms with Crippen LogP contribution < -0.4 is 5.43 Å². The van der Waals surface area contributed by atoms with Crippen LogP contribution in [0.3, 0.4) is 0 Å². The van der Waals surface area contributed by atoms with Gasteiger partial charge in [0.2, 0.25) is 5.43 Å². The summed E-state index contributed by atoms with van der Waals surface area (Å²) in [4.78, 5) is 29.8. The second-order valence-electron chi connectivity index (χ2n) is 3.52. The zero-order chi connectivity index (χ0) is 12.6. The second kappa shape index (κ2) is 4.18. The minimum Gasteiger partial charge on any atom is -0.477 e. The largest absolute Gasteiger partial charge is 0.477 e. The first-order valence-electron chi connectivity index (χ1n) is 4.98. The number of carboxylic acids is 1. The van der Waals surface area contributed by atoms with Crippen molar-refractivity contribution >= 4 is 28.5 Å². The molecule has 0 aliphatic heterocycles. The van der Waals surface area contributed by atoms with Crippen molar-refractivity contribution in [3.05, 3.63) is 38.9 Å². The van der Waals surface area contributed by atoms with Gasteiger partial charge >= 0.3 is 5.97 Å². The fourth-order valence-electron chi connectivity index (χ4n) is 1.71. The van der Waals surface area contributed by atoms with Gasteiger partial charge in [0, 0.05) is 5.69 Å². The molecule has 0 amide bonds. The number of aryl methyl sites for hydroxylation is 1. The summed E-state index contributed by atoms with van der Waals surface area (Å²) in [6.07, 6.45) is 1.85. The Hall–Kier alpha value is -1.88. The van der Waals surface area contributed by atoms with Crippen molar-refractivity contribution in [2.24, 2.45) is 0 Å². The molecular formula is C11H9ClN2O3. The number of carbonyl (C=O) groups is 1. The van der Waals surface area contributed by atoms with Crippen molar-refractivity contribution in [1.82, 2.24) is 9.97 Å². The number of halogens is 1. The van der Waals surface area contributed by atoms with E-state index in [4.69, 9.17) is 16.7 Å². The van der Waals surface area contributed by atoms with Crippen LogP contribution in [0.4, 0.5) is 0 Å². The lowest BCUT2D eigenvalue weighted by Gasteiger charge is -2.06. The number of pyridine rings is 2. The van der Waals surface area contributed by atoms with E-state index < -0.39 is 11.4 Å². The smallest absolute Gasteiger partial charge is 0.341 e. The number of nitrogens with one attached hydrogen (secondary N) is 1. The van der Waals surface area contributed by atoms with E-state index in [1.54, 1.807) is 6.92 Å². The average Bonchev–Trinajstić information content (AvgIpc) is 2.29. The Balaban J connectivity index is 2.94. The maximum absolute atomic E-state index is 12.0. The number of rotatable bonds is 2. The first-order chi connectivity index (χ1) is 8.04. The number of nitrogens with zero attached hydrogens (tertiary/aromatic N) is 1. The summed E-state index contributed by atoms with van der Waals surface area (Å²) in [7, 11) is 0. The summed E-state index contributed by atoms with van der Waals surface area (Å²) in [6, 6.07) is 1.36. The summed E-state index contributed by atoms with van der Waals surface area (Å²) in [6.45, 7) is 1.77. The van der Waals surface area contributed by atoms with Gasteiger partial charge in [-0.15, -0.1) is 0 Å². The van der Waals surface area contributed by atoms with Gasteiger partial charge in [-0.05, 0) is 12.5 Å². The third kappa shape index (κ3) is 1.89. The number of hydrogen-bond acceptors (Lipinski definition) is 3. The first-order valence-corrected chi connectivity index (χ1v) is 5.36. The van der Waals surface area contributed by atoms with E-state index in [2.05, 4.69) is 9.97 Å². The lowest BCUT2D eigenvalue weighted by Crippen LogP contribution is -2.19. The molecule has 0 saturated heterocycles. The van der Waals surface area contributed by atoms with Gasteiger partial charge in [-0.3, -0.25) is 4.79 Å². The van der Waals surface area contributed by atoms with Crippen molar-refractivity contribution < 1.29 is 9.90 Å². The summed E-state index contributed by atoms with van der Waals surface area (Å²) in [5.41, 5.74) is 0.107. The summed E-state index contributed by atoms with van der Waals surface area (Å²) in [5.74, 6) is -1.24. The highest BCUT2D eigenvalue weighted by molar-refractivity contribution is 6.30. The van der Waals surface area contributed by atoms with Crippen LogP contribution in [0.15, 0.2) is 17.1 Å². The second-order valence-corrected chi connectivity index (χ2v) is 3.91. The topological polar surface area (TPSA) is 83.0 Å². The average molecular weight is 253 g/mol. The molecule has 0 spiro atoms. The van der Waals surface area contributed by atoms with Crippen LogP contribution >= 0.6 is 11.6 Å². The van der Waals surface area contributed by atoms with E-state index in [-0.39, 0.29) is 16.1 Å². The molecule has 0 radical (unpaired) electrons. The maximum Gasteiger partial charge on any atom is 0.341 e. The van der Waals surface area contributed by atoms with E-state index in [1.807, 2.05) is 0 Å². The Bertz CT molecular complexity index is 664. The molecule has 0 atom stereocenters. The monoisotopic (exact) mass is 252 g/mol. The molecule has 0 saturated carbocycles. The molecule has 2 aromatic heterocycles. The van der Waals surface area contributed by atoms with Crippen LogP contribution in [-0.2, 0) is 6.42 Å². The van der Waals surface area contributed by atoms with Crippen LogP contribution in [0.5, 0.6) is 0 Å². The standard InChI is InChI=1S/C11H9ClN2O3/c1-2-6-9(11(16)17)10(15)5-3-8(12)13-4-7(5)14-6/h3-4H,2H2,1H3,(H,14,15)(H,16,17). The molecule has 5 nitrogen and oxygen atoms in total. The lowest BCUT2D eigenvalue weighted by atomic mass is 10.1. The number of aromatic carboxylic acids is 1. The van der Waals surface area contributed by atoms with Gasteiger partial charge in [0.15, 0.2) is 0 Å². The molecule has 6 heteroatoms. The highest BCUT2D eigenvalue weighted by atomic mass is 35.5. The minimum atomic E-state index is -1.24. The molecule has 17 heavy (non-hydrogen) atoms. The Morgan fingerprint density at radius 3 is 2.88 bits per heavy atom. The van der Waals surface area contributed by atoms with E-state index >= 15 is 0 Å². The minimum absolute atomic E-state index is 0.156. The number of H-pyrrole nitrogens is 1. The highest BCUT2D eigenvalue weighted by Crippen LogP contribution is 2.14. The zero-order valence-electron chi connectivity index (χ0n) is 8.95. The van der Waals surface area contributed by atoms with Crippen molar-refractivity contribution in [1.29, 1.82) is 0 Å².